The van der Waals surface area contributed by atoms with E-state index in [0.717, 1.165) is 29.7 Å². The van der Waals surface area contributed by atoms with Gasteiger partial charge < -0.3 is 9.67 Å². The van der Waals surface area contributed by atoms with Crippen LogP contribution in [0.15, 0.2) is 42.6 Å². The van der Waals surface area contributed by atoms with Crippen LogP contribution < -0.4 is 0 Å². The van der Waals surface area contributed by atoms with E-state index in [-0.39, 0.29) is 5.78 Å². The molecule has 1 aromatic carbocycles. The lowest BCUT2D eigenvalue weighted by Crippen LogP contribution is -2.08. The van der Waals surface area contributed by atoms with Gasteiger partial charge in [-0.1, -0.05) is 62.9 Å². The van der Waals surface area contributed by atoms with Crippen molar-refractivity contribution in [1.29, 1.82) is 0 Å². The number of aliphatic carboxylic acids is 1. The van der Waals surface area contributed by atoms with E-state index in [9.17, 15) is 9.59 Å². The molecule has 0 spiro atoms. The Morgan fingerprint density at radius 1 is 1.00 bits per heavy atom. The van der Waals surface area contributed by atoms with Gasteiger partial charge in [-0.3, -0.25) is 9.59 Å². The van der Waals surface area contributed by atoms with E-state index < -0.39 is 5.97 Å². The van der Waals surface area contributed by atoms with Gasteiger partial charge in [-0.15, -0.1) is 0 Å². The Labute approximate surface area is 150 Å². The van der Waals surface area contributed by atoms with Gasteiger partial charge in [-0.2, -0.15) is 0 Å². The maximum Gasteiger partial charge on any atom is 0.303 e. The van der Waals surface area contributed by atoms with Gasteiger partial charge in [0, 0.05) is 25.2 Å². The third-order valence-corrected chi connectivity index (χ3v) is 4.02. The minimum atomic E-state index is -0.670. The van der Waals surface area contributed by atoms with Crippen LogP contribution >= 0.6 is 0 Å². The summed E-state index contributed by atoms with van der Waals surface area (Å²) in [6.07, 6.45) is 7.79. The van der Waals surface area contributed by atoms with Gasteiger partial charge in [-0.25, -0.2) is 0 Å². The van der Waals surface area contributed by atoms with E-state index in [2.05, 4.69) is 6.92 Å². The Hall–Kier alpha value is -2.36. The fourth-order valence-corrected chi connectivity index (χ4v) is 2.60. The van der Waals surface area contributed by atoms with Crippen molar-refractivity contribution in [1.82, 2.24) is 4.57 Å². The van der Waals surface area contributed by atoms with Crippen molar-refractivity contribution in [3.63, 3.8) is 0 Å². The molecule has 0 atom stereocenters. The predicted octanol–water partition coefficient (Wildman–Crippen LogP) is 5.00. The van der Waals surface area contributed by atoms with Gasteiger partial charge in [-0.05, 0) is 25.0 Å². The average Bonchev–Trinajstić information content (AvgIpc) is 2.94. The monoisotopic (exact) mass is 343 g/mol. The van der Waals surface area contributed by atoms with Crippen molar-refractivity contribution in [2.24, 2.45) is 7.05 Å². The first-order valence-electron chi connectivity index (χ1n) is 8.90. The first-order chi connectivity index (χ1) is 12.0. The van der Waals surface area contributed by atoms with Crippen LogP contribution in [0.5, 0.6) is 0 Å². The molecule has 0 radical (unpaired) electrons. The summed E-state index contributed by atoms with van der Waals surface area (Å²) in [5.74, 6) is -0.586. The molecular weight excluding hydrogens is 314 g/mol. The first-order valence-corrected chi connectivity index (χ1v) is 8.90. The fourth-order valence-electron chi connectivity index (χ4n) is 2.60. The molecule has 25 heavy (non-hydrogen) atoms. The van der Waals surface area contributed by atoms with Crippen LogP contribution in [0.3, 0.4) is 0 Å². The summed E-state index contributed by atoms with van der Waals surface area (Å²) in [5.41, 5.74) is 2.52. The number of benzene rings is 1. The molecule has 4 nitrogen and oxygen atoms in total. The van der Waals surface area contributed by atoms with Crippen molar-refractivity contribution in [3.05, 3.63) is 59.4 Å². The number of carboxylic acids is 1. The van der Waals surface area contributed by atoms with E-state index in [4.69, 9.17) is 5.11 Å². The Morgan fingerprint density at radius 2 is 1.64 bits per heavy atom. The number of rotatable bonds is 8. The van der Waals surface area contributed by atoms with Crippen LogP contribution in [0.4, 0.5) is 0 Å². The van der Waals surface area contributed by atoms with Crippen LogP contribution in [0, 0.1) is 6.92 Å². The molecule has 0 aliphatic carbocycles. The number of ketones is 1. The Balaban J connectivity index is 0.000000275. The minimum absolute atomic E-state index is 0.0839. The summed E-state index contributed by atoms with van der Waals surface area (Å²) in [6.45, 7) is 4.10. The summed E-state index contributed by atoms with van der Waals surface area (Å²) in [5, 5.41) is 8.27. The fraction of sp³-hybridized carbons (Fsp3) is 0.429. The Morgan fingerprint density at radius 3 is 2.16 bits per heavy atom. The van der Waals surface area contributed by atoms with Gasteiger partial charge in [0.1, 0.15) is 0 Å². The van der Waals surface area contributed by atoms with Gasteiger partial charge in [0.05, 0.1) is 5.69 Å². The molecular formula is C21H29NO3. The zero-order chi connectivity index (χ0) is 18.7. The number of hydrogen-bond acceptors (Lipinski definition) is 2. The van der Waals surface area contributed by atoms with Crippen LogP contribution in [-0.2, 0) is 11.8 Å². The minimum Gasteiger partial charge on any atom is -0.481 e. The number of nitrogens with zero attached hydrogens (tertiary/aromatic N) is 1. The topological polar surface area (TPSA) is 59.3 Å². The second-order valence-corrected chi connectivity index (χ2v) is 6.21. The SMILES string of the molecule is CCCCCCCC(=O)O.Cc1ccn(C)c1C(=O)c1ccccc1. The summed E-state index contributed by atoms with van der Waals surface area (Å²) in [7, 11) is 1.89. The second-order valence-electron chi connectivity index (χ2n) is 6.21. The molecule has 4 heteroatoms. The lowest BCUT2D eigenvalue weighted by atomic mass is 10.1. The molecule has 1 heterocycles. The number of aromatic nitrogens is 1. The van der Waals surface area contributed by atoms with E-state index in [1.165, 1.54) is 19.3 Å². The zero-order valence-electron chi connectivity index (χ0n) is 15.5. The first kappa shape index (κ1) is 20.7. The molecule has 0 bridgehead atoms. The van der Waals surface area contributed by atoms with E-state index in [0.29, 0.717) is 6.42 Å². The molecule has 1 aromatic heterocycles. The molecule has 2 aromatic rings. The summed E-state index contributed by atoms with van der Waals surface area (Å²) in [6, 6.07) is 11.3. The van der Waals surface area contributed by atoms with Crippen molar-refractivity contribution >= 4 is 11.8 Å². The van der Waals surface area contributed by atoms with E-state index in [1.807, 2.05) is 61.1 Å². The Kier molecular flexibility index (Phi) is 9.30. The lowest BCUT2D eigenvalue weighted by molar-refractivity contribution is -0.137. The normalized spacial score (nSPS) is 10.0. The second kappa shape index (κ2) is 11.2. The molecule has 136 valence electrons. The summed E-state index contributed by atoms with van der Waals surface area (Å²) >= 11 is 0. The van der Waals surface area contributed by atoms with Crippen molar-refractivity contribution in [3.8, 4) is 0 Å². The van der Waals surface area contributed by atoms with Crippen LogP contribution in [0.25, 0.3) is 0 Å². The van der Waals surface area contributed by atoms with Crippen molar-refractivity contribution in [2.45, 2.75) is 52.4 Å². The molecule has 0 unspecified atom stereocenters. The molecule has 2 rings (SSSR count). The largest absolute Gasteiger partial charge is 0.481 e. The number of unbranched alkanes of at least 4 members (excludes halogenated alkanes) is 4. The van der Waals surface area contributed by atoms with Crippen molar-refractivity contribution < 1.29 is 14.7 Å². The van der Waals surface area contributed by atoms with Gasteiger partial charge >= 0.3 is 5.97 Å². The predicted molar refractivity (Wildman–Crippen MR) is 101 cm³/mol. The smallest absolute Gasteiger partial charge is 0.303 e. The van der Waals surface area contributed by atoms with Crippen molar-refractivity contribution in [2.75, 3.05) is 0 Å². The highest BCUT2D eigenvalue weighted by atomic mass is 16.4. The number of carboxylic acid groups (broad SMARTS) is 1. The summed E-state index contributed by atoms with van der Waals surface area (Å²) < 4.78 is 1.87. The number of hydrogen-bond donors (Lipinski definition) is 1. The van der Waals surface area contributed by atoms with Gasteiger partial charge in [0.25, 0.3) is 0 Å². The molecule has 0 aliphatic rings. The average molecular weight is 343 g/mol. The van der Waals surface area contributed by atoms with Crippen LogP contribution in [0.2, 0.25) is 0 Å². The molecule has 0 saturated carbocycles. The van der Waals surface area contributed by atoms with Gasteiger partial charge in [0.2, 0.25) is 5.78 Å². The van der Waals surface area contributed by atoms with E-state index in [1.54, 1.807) is 0 Å². The highest BCUT2D eigenvalue weighted by Gasteiger charge is 2.14. The molecule has 0 amide bonds. The maximum atomic E-state index is 12.1. The van der Waals surface area contributed by atoms with Crippen LogP contribution in [0.1, 0.15) is 67.1 Å². The molecule has 0 fully saturated rings. The number of carbonyl (C=O) groups excluding carboxylic acids is 1. The standard InChI is InChI=1S/C13H13NO.C8H16O2/c1-10-8-9-14(2)12(10)13(15)11-6-4-3-5-7-11;1-2-3-4-5-6-7-8(9)10/h3-9H,1-2H3;2-7H2,1H3,(H,9,10). The van der Waals surface area contributed by atoms with E-state index >= 15 is 0 Å². The molecule has 0 aliphatic heterocycles. The highest BCUT2D eigenvalue weighted by molar-refractivity contribution is 6.08. The number of aryl methyl sites for hydroxylation is 2. The quantitative estimate of drug-likeness (QED) is 0.542. The summed E-state index contributed by atoms with van der Waals surface area (Å²) in [4.78, 5) is 22.2. The third kappa shape index (κ3) is 7.38. The van der Waals surface area contributed by atoms with Crippen LogP contribution in [-0.4, -0.2) is 21.4 Å². The highest BCUT2D eigenvalue weighted by Crippen LogP contribution is 2.14. The Bertz CT molecular complexity index is 640. The zero-order valence-corrected chi connectivity index (χ0v) is 15.5. The lowest BCUT2D eigenvalue weighted by Gasteiger charge is -2.04. The third-order valence-electron chi connectivity index (χ3n) is 4.02. The maximum absolute atomic E-state index is 12.1. The molecule has 1 N–H and O–H groups in total. The molecule has 0 saturated heterocycles. The van der Waals surface area contributed by atoms with Gasteiger partial charge in [0.15, 0.2) is 0 Å². The number of carbonyl (C=O) groups is 2.